The molecule has 3 aromatic carbocycles. The third kappa shape index (κ3) is 16.4. The summed E-state index contributed by atoms with van der Waals surface area (Å²) in [5.41, 5.74) is 5.14. The summed E-state index contributed by atoms with van der Waals surface area (Å²) in [4.78, 5) is 61.1. The molecule has 0 unspecified atom stereocenters. The van der Waals surface area contributed by atoms with Crippen LogP contribution in [0.15, 0.2) is 102 Å². The fourth-order valence-electron chi connectivity index (χ4n) is 8.43. The quantitative estimate of drug-likeness (QED) is 0.0230. The molecule has 0 radical (unpaired) electrons. The van der Waals surface area contributed by atoms with Crippen molar-refractivity contribution in [3.63, 3.8) is 0 Å². The Hall–Kier alpha value is -6.86. The van der Waals surface area contributed by atoms with E-state index in [0.29, 0.717) is 17.0 Å². The smallest absolute Gasteiger partial charge is 0.380 e. The maximum Gasteiger partial charge on any atom is 0.380 e. The Kier molecular flexibility index (Phi) is 20.0. The van der Waals surface area contributed by atoms with Gasteiger partial charge in [0.05, 0.1) is 84.6 Å². The van der Waals surface area contributed by atoms with Crippen LogP contribution in [0.3, 0.4) is 0 Å². The van der Waals surface area contributed by atoms with Crippen LogP contribution < -0.4 is 24.8 Å². The van der Waals surface area contributed by atoms with Crippen LogP contribution in [0.25, 0.3) is 10.4 Å². The van der Waals surface area contributed by atoms with Gasteiger partial charge in [-0.15, -0.1) is 21.2 Å². The van der Waals surface area contributed by atoms with Crippen molar-refractivity contribution in [3.8, 4) is 16.3 Å². The highest BCUT2D eigenvalue weighted by Crippen LogP contribution is 2.31. The number of hydrogen-bond acceptors (Lipinski definition) is 16. The van der Waals surface area contributed by atoms with Gasteiger partial charge in [-0.05, 0) is 64.8 Å². The molecule has 4 N–H and O–H groups in total. The van der Waals surface area contributed by atoms with Crippen molar-refractivity contribution in [1.29, 1.82) is 0 Å². The summed E-state index contributed by atoms with van der Waals surface area (Å²) in [6.07, 6.45) is 1.91. The number of likely N-dealkylation sites (tertiary alicyclic amines) is 1. The number of carbonyl (C=O) groups excluding carboxylic acids is 4. The minimum Gasteiger partial charge on any atom is -0.616 e. The van der Waals surface area contributed by atoms with Gasteiger partial charge in [0.1, 0.15) is 31.0 Å². The first-order valence-electron chi connectivity index (χ1n) is 25.5. The number of carbonyl (C=O) groups is 4. The summed E-state index contributed by atoms with van der Waals surface area (Å²) < 4.78 is 53.8. The number of anilines is 1. The number of pyridine rings is 1. The third-order valence-corrected chi connectivity index (χ3v) is 15.3. The zero-order chi connectivity index (χ0) is 57.1. The van der Waals surface area contributed by atoms with Crippen molar-refractivity contribution in [2.75, 3.05) is 50.9 Å². The monoisotopic (exact) mass is 1140 g/mol. The van der Waals surface area contributed by atoms with Gasteiger partial charge in [0.15, 0.2) is 12.0 Å². The van der Waals surface area contributed by atoms with Gasteiger partial charge in [-0.2, -0.15) is 0 Å². The second-order valence-corrected chi connectivity index (χ2v) is 23.9. The maximum atomic E-state index is 14.0. The van der Waals surface area contributed by atoms with Crippen molar-refractivity contribution in [2.45, 2.75) is 103 Å². The number of aryl methyl sites for hydroxylation is 1. The van der Waals surface area contributed by atoms with Gasteiger partial charge < -0.3 is 44.8 Å². The summed E-state index contributed by atoms with van der Waals surface area (Å²) in [6.45, 7) is 14.3. The summed E-state index contributed by atoms with van der Waals surface area (Å²) >= 11 is 7.80. The van der Waals surface area contributed by atoms with Gasteiger partial charge in [-0.25, -0.2) is 18.1 Å². The number of thiazole rings is 1. The number of aliphatic hydroxyl groups is 1. The molecule has 1 fully saturated rings. The van der Waals surface area contributed by atoms with Crippen molar-refractivity contribution in [3.05, 3.63) is 141 Å². The largest absolute Gasteiger partial charge is 0.616 e. The molecule has 21 nitrogen and oxygen atoms in total. The Bertz CT molecular complexity index is 3200. The lowest BCUT2D eigenvalue weighted by molar-refractivity contribution is -0.613. The maximum absolute atomic E-state index is 14.0. The molecule has 1 saturated heterocycles. The summed E-state index contributed by atoms with van der Waals surface area (Å²) in [7, 11) is -4.09. The van der Waals surface area contributed by atoms with E-state index < -0.39 is 57.1 Å². The van der Waals surface area contributed by atoms with Gasteiger partial charge in [-0.1, -0.05) is 94.8 Å². The number of hydrogen-bond donors (Lipinski definition) is 4. The van der Waals surface area contributed by atoms with Gasteiger partial charge in [0, 0.05) is 41.7 Å². The van der Waals surface area contributed by atoms with E-state index in [1.807, 2.05) is 52.0 Å². The number of rotatable bonds is 25. The normalized spacial score (nSPS) is 15.2. The first-order chi connectivity index (χ1) is 37.5. The number of sulfonamides is 1. The van der Waals surface area contributed by atoms with Gasteiger partial charge in [0.2, 0.25) is 17.7 Å². The van der Waals surface area contributed by atoms with Crippen LogP contribution in [0, 0.1) is 17.5 Å². The Labute approximate surface area is 468 Å². The van der Waals surface area contributed by atoms with Crippen LogP contribution >= 0.6 is 22.9 Å². The molecule has 79 heavy (non-hydrogen) atoms. The fraction of sp³-hybridized carbons (Fsp3) is 0.418. The minimum atomic E-state index is -4.09. The first-order valence-corrected chi connectivity index (χ1v) is 28.2. The van der Waals surface area contributed by atoms with E-state index in [0.717, 1.165) is 33.5 Å². The van der Waals surface area contributed by atoms with Crippen molar-refractivity contribution < 1.29 is 56.4 Å². The number of halogens is 1. The van der Waals surface area contributed by atoms with Crippen LogP contribution in [-0.2, 0) is 63.7 Å². The molecule has 1 aliphatic heterocycles. The number of amides is 3. The Morgan fingerprint density at radius 1 is 0.924 bits per heavy atom. The van der Waals surface area contributed by atoms with Crippen LogP contribution in [0.4, 0.5) is 5.69 Å². The van der Waals surface area contributed by atoms with E-state index in [1.54, 1.807) is 60.6 Å². The predicted octanol–water partition coefficient (Wildman–Crippen LogP) is 5.76. The number of nitrogens with zero attached hydrogens (tertiary/aromatic N) is 6. The standard InChI is InChI=1S/C55H66ClN9O12S2/c1-35-50(78-34-58-35)37-10-8-36(9-11-37)29-57-52(69)46-28-42(66)31-64(46)53(70)51(55(5,6)7)59-47(67)33-76-32-41-30-63(62-60-41)20-21-74-22-23-75-24-25-77-48-26-38(18-19-65(48)71)49(68)44-27-40(56)14-17-45(44)61-79(72,73)43-15-12-39(13-16-43)54(2,3)4/h8-19,26-27,30,34,42,46,51,61,66H,20-25,28-29,31-33H2,1-7H3,(H,57,69)(H,59,67)/t42-,46+,51-/m1/s1. The van der Waals surface area contributed by atoms with Gasteiger partial charge in [0.25, 0.3) is 10.0 Å². The van der Waals surface area contributed by atoms with E-state index in [4.69, 9.17) is 30.5 Å². The number of aromatic nitrogens is 5. The van der Waals surface area contributed by atoms with E-state index in [2.05, 4.69) is 30.7 Å². The van der Waals surface area contributed by atoms with Crippen molar-refractivity contribution in [2.24, 2.45) is 5.41 Å². The van der Waals surface area contributed by atoms with Crippen LogP contribution in [0.5, 0.6) is 5.88 Å². The Morgan fingerprint density at radius 3 is 2.32 bits per heavy atom. The molecule has 3 aromatic heterocycles. The number of aliphatic hydroxyl groups excluding tert-OH is 1. The molecule has 0 saturated carbocycles. The average molecular weight is 1140 g/mol. The predicted molar refractivity (Wildman–Crippen MR) is 295 cm³/mol. The lowest BCUT2D eigenvalue weighted by Gasteiger charge is -2.35. The number of benzene rings is 3. The van der Waals surface area contributed by atoms with E-state index in [-0.39, 0.29) is 104 Å². The molecule has 4 heterocycles. The lowest BCUT2D eigenvalue weighted by atomic mass is 9.85. The number of ether oxygens (including phenoxy) is 4. The Balaban J connectivity index is 0.789. The highest BCUT2D eigenvalue weighted by Gasteiger charge is 2.44. The van der Waals surface area contributed by atoms with Crippen LogP contribution in [0.2, 0.25) is 5.02 Å². The SMILES string of the molecule is Cc1ncsc1-c1ccc(CNC(=O)[C@@H]2C[C@@H](O)CN2C(=O)[C@@H](NC(=O)COCc2cn(CCOCCOCCOc3cc(C(=O)c4cc(Cl)ccc4NS(=O)(=O)c4ccc(C(C)(C)C)cc4)cc[n+]3[O-])nn2)C(C)(C)C)cc1. The molecule has 24 heteroatoms. The molecule has 0 aliphatic carbocycles. The van der Waals surface area contributed by atoms with Gasteiger partial charge in [-0.3, -0.25) is 23.9 Å². The number of nitrogens with one attached hydrogen (secondary N) is 3. The summed E-state index contributed by atoms with van der Waals surface area (Å²) in [6, 6.07) is 19.1. The van der Waals surface area contributed by atoms with E-state index >= 15 is 0 Å². The third-order valence-electron chi connectivity index (χ3n) is 12.7. The highest BCUT2D eigenvalue weighted by molar-refractivity contribution is 7.92. The zero-order valence-electron chi connectivity index (χ0n) is 45.1. The molecule has 7 rings (SSSR count). The summed E-state index contributed by atoms with van der Waals surface area (Å²) in [5, 5.41) is 37.2. The number of β-amino-alcohol motifs (C(OH)–C–C–N with tert-alkyl or cyclic N) is 1. The van der Waals surface area contributed by atoms with Crippen molar-refractivity contribution in [1.82, 2.24) is 35.5 Å². The Morgan fingerprint density at radius 2 is 1.63 bits per heavy atom. The van der Waals surface area contributed by atoms with Gasteiger partial charge >= 0.3 is 5.88 Å². The molecule has 422 valence electrons. The molecular weight excluding hydrogens is 1080 g/mol. The van der Waals surface area contributed by atoms with Crippen LogP contribution in [-0.4, -0.2) is 126 Å². The molecule has 0 spiro atoms. The average Bonchev–Trinajstić information content (AvgIpc) is 4.18. The minimum absolute atomic E-state index is 0.00256. The first kappa shape index (κ1) is 59.8. The molecule has 6 aromatic rings. The molecule has 3 amide bonds. The lowest BCUT2D eigenvalue weighted by Crippen LogP contribution is -2.58. The zero-order valence-corrected chi connectivity index (χ0v) is 47.5. The fourth-order valence-corrected chi connectivity index (χ4v) is 10.5. The van der Waals surface area contributed by atoms with E-state index in [1.165, 1.54) is 47.4 Å². The second kappa shape index (κ2) is 26.4. The second-order valence-electron chi connectivity index (χ2n) is 21.0. The molecule has 3 atom stereocenters. The highest BCUT2D eigenvalue weighted by atomic mass is 35.5. The molecule has 0 bridgehead atoms. The molecule has 1 aliphatic rings. The summed E-state index contributed by atoms with van der Waals surface area (Å²) in [5.74, 6) is -2.22. The van der Waals surface area contributed by atoms with Crippen molar-refractivity contribution >= 4 is 62.2 Å². The van der Waals surface area contributed by atoms with E-state index in [9.17, 15) is 37.9 Å². The topological polar surface area (TPSA) is 269 Å². The molecular formula is C55H66ClN9O12S2. The number of ketones is 1. The van der Waals surface area contributed by atoms with Crippen LogP contribution in [0.1, 0.15) is 86.4 Å².